The third-order valence-corrected chi connectivity index (χ3v) is 6.69. The monoisotopic (exact) mass is 415 g/mol. The van der Waals surface area contributed by atoms with Crippen LogP contribution in [0, 0.1) is 0 Å². The molecule has 3 heterocycles. The summed E-state index contributed by atoms with van der Waals surface area (Å²) in [7, 11) is 0. The van der Waals surface area contributed by atoms with Crippen LogP contribution in [0.5, 0.6) is 0 Å². The van der Waals surface area contributed by atoms with Crippen molar-refractivity contribution in [3.63, 3.8) is 0 Å². The number of benzene rings is 1. The molecular weight excluding hydrogens is 386 g/mol. The van der Waals surface area contributed by atoms with Crippen LogP contribution in [-0.4, -0.2) is 51.2 Å². The van der Waals surface area contributed by atoms with Gasteiger partial charge in [-0.1, -0.05) is 30.3 Å². The fourth-order valence-electron chi connectivity index (χ4n) is 4.74. The summed E-state index contributed by atoms with van der Waals surface area (Å²) in [4.78, 5) is 14.8. The van der Waals surface area contributed by atoms with Gasteiger partial charge in [0, 0.05) is 56.0 Å². The number of nitrogens with one attached hydrogen (secondary N) is 2. The maximum atomic E-state index is 4.97. The summed E-state index contributed by atoms with van der Waals surface area (Å²) in [5.41, 5.74) is 5.09. The largest absolute Gasteiger partial charge is 0.338 e. The van der Waals surface area contributed by atoms with Crippen LogP contribution in [0.4, 0.5) is 17.6 Å². The van der Waals surface area contributed by atoms with E-state index in [1.165, 1.54) is 35.4 Å². The van der Waals surface area contributed by atoms with E-state index in [4.69, 9.17) is 9.97 Å². The molecule has 2 fully saturated rings. The molecule has 7 heteroatoms. The third kappa shape index (κ3) is 4.02. The van der Waals surface area contributed by atoms with Crippen molar-refractivity contribution in [1.29, 1.82) is 0 Å². The molecule has 3 aromatic rings. The Bertz CT molecular complexity index is 1050. The standard InChI is InChI=1S/C24H29N7/c1-2-5-17(6-3-1)16-30-11-13-31(14-12-30)24-25-20-8-4-7-19(20)23(27-24)26-22-15-21(28-29-22)18-9-10-18/h1-3,5-6,15,18H,4,7-14,16H2,(H2,25,26,27,28,29). The minimum atomic E-state index is 0.668. The van der Waals surface area contributed by atoms with E-state index in [0.29, 0.717) is 5.92 Å². The van der Waals surface area contributed by atoms with Crippen LogP contribution in [-0.2, 0) is 19.4 Å². The summed E-state index contributed by atoms with van der Waals surface area (Å²) in [5.74, 6) is 3.34. The van der Waals surface area contributed by atoms with Crippen molar-refractivity contribution in [2.45, 2.75) is 44.6 Å². The maximum absolute atomic E-state index is 4.97. The molecule has 1 saturated heterocycles. The van der Waals surface area contributed by atoms with Crippen molar-refractivity contribution in [1.82, 2.24) is 25.1 Å². The van der Waals surface area contributed by atoms with Gasteiger partial charge in [0.15, 0.2) is 5.82 Å². The van der Waals surface area contributed by atoms with Gasteiger partial charge >= 0.3 is 0 Å². The van der Waals surface area contributed by atoms with Crippen LogP contribution in [0.3, 0.4) is 0 Å². The van der Waals surface area contributed by atoms with Crippen molar-refractivity contribution in [3.05, 3.63) is 58.9 Å². The zero-order valence-corrected chi connectivity index (χ0v) is 17.8. The van der Waals surface area contributed by atoms with Crippen molar-refractivity contribution in [3.8, 4) is 0 Å². The molecule has 1 aromatic carbocycles. The number of H-pyrrole nitrogens is 1. The first-order valence-corrected chi connectivity index (χ1v) is 11.6. The van der Waals surface area contributed by atoms with Crippen LogP contribution in [0.2, 0.25) is 0 Å². The normalized spacial score (nSPS) is 18.9. The Morgan fingerprint density at radius 2 is 1.84 bits per heavy atom. The quantitative estimate of drug-likeness (QED) is 0.641. The molecule has 160 valence electrons. The molecule has 2 aliphatic carbocycles. The molecule has 7 nitrogen and oxygen atoms in total. The minimum absolute atomic E-state index is 0.668. The number of anilines is 3. The SMILES string of the molecule is c1ccc(CN2CCN(c3nc4c(c(Nc5cc(C6CC6)[nH]n5)n3)CCC4)CC2)cc1. The predicted octanol–water partition coefficient (Wildman–Crippen LogP) is 3.63. The van der Waals surface area contributed by atoms with E-state index in [1.807, 2.05) is 0 Å². The van der Waals surface area contributed by atoms with Gasteiger partial charge in [-0.3, -0.25) is 10.00 Å². The summed E-state index contributed by atoms with van der Waals surface area (Å²) in [6, 6.07) is 12.9. The molecule has 0 atom stereocenters. The highest BCUT2D eigenvalue weighted by atomic mass is 15.3. The molecule has 3 aliphatic rings. The number of aromatic amines is 1. The van der Waals surface area contributed by atoms with Gasteiger partial charge in [-0.15, -0.1) is 0 Å². The zero-order valence-electron chi connectivity index (χ0n) is 17.8. The number of hydrogen-bond acceptors (Lipinski definition) is 6. The van der Waals surface area contributed by atoms with Crippen LogP contribution >= 0.6 is 0 Å². The number of piperazine rings is 1. The van der Waals surface area contributed by atoms with Crippen LogP contribution in [0.25, 0.3) is 0 Å². The molecule has 0 amide bonds. The number of aryl methyl sites for hydroxylation is 1. The van der Waals surface area contributed by atoms with Crippen molar-refractivity contribution >= 4 is 17.6 Å². The van der Waals surface area contributed by atoms with Gasteiger partial charge in [0.2, 0.25) is 5.95 Å². The number of hydrogen-bond donors (Lipinski definition) is 2. The summed E-state index contributed by atoms with van der Waals surface area (Å²) in [6.07, 6.45) is 5.78. The van der Waals surface area contributed by atoms with E-state index >= 15 is 0 Å². The molecule has 0 radical (unpaired) electrons. The number of rotatable bonds is 6. The number of aromatic nitrogens is 4. The van der Waals surface area contributed by atoms with E-state index in [9.17, 15) is 0 Å². The first-order valence-electron chi connectivity index (χ1n) is 11.6. The average Bonchev–Trinajstić information content (AvgIpc) is 3.35. The summed E-state index contributed by atoms with van der Waals surface area (Å²) < 4.78 is 0. The Morgan fingerprint density at radius 1 is 1.00 bits per heavy atom. The van der Waals surface area contributed by atoms with Crippen molar-refractivity contribution in [2.24, 2.45) is 0 Å². The Morgan fingerprint density at radius 3 is 2.65 bits per heavy atom. The molecule has 0 spiro atoms. The molecule has 0 unspecified atom stereocenters. The second kappa shape index (κ2) is 7.96. The molecule has 2 aromatic heterocycles. The first-order chi connectivity index (χ1) is 15.3. The van der Waals surface area contributed by atoms with Crippen LogP contribution in [0.1, 0.15) is 47.7 Å². The second-order valence-electron chi connectivity index (χ2n) is 9.01. The average molecular weight is 416 g/mol. The third-order valence-electron chi connectivity index (χ3n) is 6.69. The van der Waals surface area contributed by atoms with E-state index in [-0.39, 0.29) is 0 Å². The first kappa shape index (κ1) is 18.8. The Balaban J connectivity index is 1.17. The number of nitrogens with zero attached hydrogens (tertiary/aromatic N) is 5. The van der Waals surface area contributed by atoms with Crippen molar-refractivity contribution < 1.29 is 0 Å². The molecule has 2 N–H and O–H groups in total. The summed E-state index contributed by atoms with van der Waals surface area (Å²) >= 11 is 0. The molecule has 0 bridgehead atoms. The van der Waals surface area contributed by atoms with Gasteiger partial charge in [0.1, 0.15) is 5.82 Å². The highest BCUT2D eigenvalue weighted by Crippen LogP contribution is 2.40. The van der Waals surface area contributed by atoms with Gasteiger partial charge in [0.25, 0.3) is 0 Å². The lowest BCUT2D eigenvalue weighted by Crippen LogP contribution is -2.46. The lowest BCUT2D eigenvalue weighted by atomic mass is 10.2. The molecule has 6 rings (SSSR count). The van der Waals surface area contributed by atoms with Crippen LogP contribution in [0.15, 0.2) is 36.4 Å². The molecule has 31 heavy (non-hydrogen) atoms. The van der Waals surface area contributed by atoms with Gasteiger partial charge < -0.3 is 10.2 Å². The number of fused-ring (bicyclic) bond motifs is 1. The molecule has 1 aliphatic heterocycles. The van der Waals surface area contributed by atoms with Gasteiger partial charge in [0.05, 0.1) is 5.69 Å². The highest BCUT2D eigenvalue weighted by molar-refractivity contribution is 5.61. The lowest BCUT2D eigenvalue weighted by Gasteiger charge is -2.35. The van der Waals surface area contributed by atoms with E-state index < -0.39 is 0 Å². The van der Waals surface area contributed by atoms with Gasteiger partial charge in [-0.25, -0.2) is 4.98 Å². The Labute approximate surface area is 182 Å². The lowest BCUT2D eigenvalue weighted by molar-refractivity contribution is 0.248. The fraction of sp³-hybridized carbons (Fsp3) is 0.458. The summed E-state index contributed by atoms with van der Waals surface area (Å²) in [5, 5.41) is 11.2. The maximum Gasteiger partial charge on any atom is 0.227 e. The van der Waals surface area contributed by atoms with Crippen molar-refractivity contribution in [2.75, 3.05) is 36.4 Å². The minimum Gasteiger partial charge on any atom is -0.338 e. The molecule has 1 saturated carbocycles. The topological polar surface area (TPSA) is 73.0 Å². The van der Waals surface area contributed by atoms with Gasteiger partial charge in [-0.05, 0) is 37.7 Å². The predicted molar refractivity (Wildman–Crippen MR) is 122 cm³/mol. The Kier molecular flexibility index (Phi) is 4.83. The van der Waals surface area contributed by atoms with E-state index in [1.54, 1.807) is 0 Å². The second-order valence-corrected chi connectivity index (χ2v) is 9.01. The van der Waals surface area contributed by atoms with Crippen LogP contribution < -0.4 is 10.2 Å². The van der Waals surface area contributed by atoms with Gasteiger partial charge in [-0.2, -0.15) is 10.1 Å². The fourth-order valence-corrected chi connectivity index (χ4v) is 4.74. The van der Waals surface area contributed by atoms with E-state index in [0.717, 1.165) is 69.6 Å². The zero-order chi connectivity index (χ0) is 20.6. The highest BCUT2D eigenvalue weighted by Gasteiger charge is 2.27. The van der Waals surface area contributed by atoms with E-state index in [2.05, 4.69) is 61.7 Å². The Hall–Kier alpha value is -2.93. The summed E-state index contributed by atoms with van der Waals surface area (Å²) in [6.45, 7) is 4.98. The smallest absolute Gasteiger partial charge is 0.227 e. The molecular formula is C24H29N7.